The lowest BCUT2D eigenvalue weighted by Gasteiger charge is -2.22. The van der Waals surface area contributed by atoms with E-state index in [9.17, 15) is 13.2 Å². The molecule has 1 unspecified atom stereocenters. The van der Waals surface area contributed by atoms with Gasteiger partial charge in [-0.1, -0.05) is 37.3 Å². The Labute approximate surface area is 131 Å². The van der Waals surface area contributed by atoms with Crippen LogP contribution in [0.4, 0.5) is 0 Å². The highest BCUT2D eigenvalue weighted by atomic mass is 32.2. The average Bonchev–Trinajstić information content (AvgIpc) is 2.98. The summed E-state index contributed by atoms with van der Waals surface area (Å²) < 4.78 is 25.6. The van der Waals surface area contributed by atoms with E-state index in [1.54, 1.807) is 0 Å². The van der Waals surface area contributed by atoms with Crippen LogP contribution in [0.15, 0.2) is 30.3 Å². The number of rotatable bonds is 7. The minimum atomic E-state index is -3.36. The van der Waals surface area contributed by atoms with Gasteiger partial charge in [0.2, 0.25) is 10.0 Å². The minimum absolute atomic E-state index is 0.0711. The van der Waals surface area contributed by atoms with Crippen LogP contribution in [0.3, 0.4) is 0 Å². The van der Waals surface area contributed by atoms with Crippen LogP contribution in [0.1, 0.15) is 31.7 Å². The fourth-order valence-corrected chi connectivity index (χ4v) is 4.29. The molecule has 2 rings (SSSR count). The highest BCUT2D eigenvalue weighted by Crippen LogP contribution is 2.22. The van der Waals surface area contributed by atoms with Crippen LogP contribution in [-0.4, -0.2) is 37.0 Å². The Morgan fingerprint density at radius 1 is 1.36 bits per heavy atom. The molecule has 1 aromatic rings. The zero-order valence-electron chi connectivity index (χ0n) is 12.7. The van der Waals surface area contributed by atoms with Gasteiger partial charge in [0.1, 0.15) is 6.04 Å². The molecule has 1 heterocycles. The third kappa shape index (κ3) is 4.28. The summed E-state index contributed by atoms with van der Waals surface area (Å²) >= 11 is 0. The standard InChI is InChI=1S/C15H22N2O4S/c1-2-11-22(19,20)17-10-6-9-14(17)15(18)16-21-12-13-7-4-3-5-8-13/h3-5,7-8,14H,2,6,9-12H2,1H3,(H,16,18). The lowest BCUT2D eigenvalue weighted by molar-refractivity contribution is -0.137. The van der Waals surface area contributed by atoms with Gasteiger partial charge in [0.15, 0.2) is 0 Å². The van der Waals surface area contributed by atoms with Crippen LogP contribution in [0.2, 0.25) is 0 Å². The van der Waals surface area contributed by atoms with Crippen molar-refractivity contribution in [3.63, 3.8) is 0 Å². The lowest BCUT2D eigenvalue weighted by atomic mass is 10.2. The van der Waals surface area contributed by atoms with Crippen molar-refractivity contribution in [2.45, 2.75) is 38.8 Å². The number of nitrogens with one attached hydrogen (secondary N) is 1. The molecular formula is C15H22N2O4S. The number of carbonyl (C=O) groups excluding carboxylic acids is 1. The number of benzene rings is 1. The van der Waals surface area contributed by atoms with E-state index in [-0.39, 0.29) is 12.4 Å². The van der Waals surface area contributed by atoms with E-state index in [0.29, 0.717) is 25.8 Å². The predicted molar refractivity (Wildman–Crippen MR) is 83.2 cm³/mol. The normalized spacial score (nSPS) is 19.2. The maximum absolute atomic E-state index is 12.2. The molecule has 1 atom stereocenters. The summed E-state index contributed by atoms with van der Waals surface area (Å²) in [6, 6.07) is 8.79. The quantitative estimate of drug-likeness (QED) is 0.769. The fraction of sp³-hybridized carbons (Fsp3) is 0.533. The largest absolute Gasteiger partial charge is 0.271 e. The van der Waals surface area contributed by atoms with Gasteiger partial charge >= 0.3 is 0 Å². The van der Waals surface area contributed by atoms with Gasteiger partial charge in [-0.3, -0.25) is 9.63 Å². The number of amides is 1. The van der Waals surface area contributed by atoms with Gasteiger partial charge in [0.25, 0.3) is 5.91 Å². The molecule has 7 heteroatoms. The topological polar surface area (TPSA) is 75.7 Å². The van der Waals surface area contributed by atoms with Crippen molar-refractivity contribution in [3.8, 4) is 0 Å². The second-order valence-electron chi connectivity index (χ2n) is 5.33. The van der Waals surface area contributed by atoms with E-state index >= 15 is 0 Å². The molecule has 22 heavy (non-hydrogen) atoms. The van der Waals surface area contributed by atoms with Gasteiger partial charge in [-0.15, -0.1) is 0 Å². The Kier molecular flexibility index (Phi) is 5.93. The summed E-state index contributed by atoms with van der Waals surface area (Å²) in [5.74, 6) is -0.324. The number of carbonyl (C=O) groups is 1. The highest BCUT2D eigenvalue weighted by Gasteiger charge is 2.38. The number of hydroxylamine groups is 1. The number of nitrogens with zero attached hydrogens (tertiary/aromatic N) is 1. The molecular weight excluding hydrogens is 304 g/mol. The van der Waals surface area contributed by atoms with E-state index < -0.39 is 22.0 Å². The van der Waals surface area contributed by atoms with Gasteiger partial charge in [-0.25, -0.2) is 13.9 Å². The zero-order valence-corrected chi connectivity index (χ0v) is 13.5. The van der Waals surface area contributed by atoms with Gasteiger partial charge in [0, 0.05) is 6.54 Å². The number of sulfonamides is 1. The molecule has 1 fully saturated rings. The smallest absolute Gasteiger partial charge is 0.261 e. The fourth-order valence-electron chi connectivity index (χ4n) is 2.54. The van der Waals surface area contributed by atoms with Crippen LogP contribution in [0.5, 0.6) is 0 Å². The predicted octanol–water partition coefficient (Wildman–Crippen LogP) is 1.44. The van der Waals surface area contributed by atoms with Crippen molar-refractivity contribution in [1.29, 1.82) is 0 Å². The first-order valence-electron chi connectivity index (χ1n) is 7.49. The first-order chi connectivity index (χ1) is 10.5. The molecule has 0 aliphatic carbocycles. The third-order valence-electron chi connectivity index (χ3n) is 3.58. The maximum Gasteiger partial charge on any atom is 0.261 e. The molecule has 1 aliphatic rings. The maximum atomic E-state index is 12.2. The molecule has 0 spiro atoms. The van der Waals surface area contributed by atoms with Gasteiger partial charge in [-0.2, -0.15) is 4.31 Å². The van der Waals surface area contributed by atoms with Crippen molar-refractivity contribution in [3.05, 3.63) is 35.9 Å². The van der Waals surface area contributed by atoms with E-state index in [2.05, 4.69) is 5.48 Å². The summed E-state index contributed by atoms with van der Waals surface area (Å²) in [4.78, 5) is 17.3. The Balaban J connectivity index is 1.88. The molecule has 1 aliphatic heterocycles. The van der Waals surface area contributed by atoms with E-state index in [4.69, 9.17) is 4.84 Å². The molecule has 6 nitrogen and oxygen atoms in total. The van der Waals surface area contributed by atoms with Gasteiger partial charge in [0.05, 0.1) is 12.4 Å². The van der Waals surface area contributed by atoms with E-state index in [1.807, 2.05) is 37.3 Å². The number of hydrogen-bond donors (Lipinski definition) is 1. The van der Waals surface area contributed by atoms with E-state index in [0.717, 1.165) is 5.56 Å². The van der Waals surface area contributed by atoms with Crippen molar-refractivity contribution < 1.29 is 18.0 Å². The first-order valence-corrected chi connectivity index (χ1v) is 9.10. The monoisotopic (exact) mass is 326 g/mol. The van der Waals surface area contributed by atoms with Crippen molar-refractivity contribution in [1.82, 2.24) is 9.79 Å². The molecule has 0 saturated carbocycles. The summed E-state index contributed by atoms with van der Waals surface area (Å²) in [7, 11) is -3.36. The summed E-state index contributed by atoms with van der Waals surface area (Å²) in [5, 5.41) is 0. The van der Waals surface area contributed by atoms with Crippen LogP contribution in [-0.2, 0) is 26.3 Å². The lowest BCUT2D eigenvalue weighted by Crippen LogP contribution is -2.46. The Morgan fingerprint density at radius 2 is 2.09 bits per heavy atom. The second kappa shape index (κ2) is 7.71. The minimum Gasteiger partial charge on any atom is -0.271 e. The van der Waals surface area contributed by atoms with Crippen molar-refractivity contribution in [2.24, 2.45) is 0 Å². The van der Waals surface area contributed by atoms with Gasteiger partial charge < -0.3 is 0 Å². The van der Waals surface area contributed by atoms with E-state index in [1.165, 1.54) is 4.31 Å². The van der Waals surface area contributed by atoms with Gasteiger partial charge in [-0.05, 0) is 24.8 Å². The average molecular weight is 326 g/mol. The Morgan fingerprint density at radius 3 is 2.77 bits per heavy atom. The second-order valence-corrected chi connectivity index (χ2v) is 7.37. The molecule has 0 bridgehead atoms. The molecule has 0 radical (unpaired) electrons. The van der Waals surface area contributed by atoms with Crippen LogP contribution >= 0.6 is 0 Å². The molecule has 1 amide bonds. The zero-order chi connectivity index (χ0) is 16.0. The molecule has 122 valence electrons. The highest BCUT2D eigenvalue weighted by molar-refractivity contribution is 7.89. The molecule has 1 saturated heterocycles. The van der Waals surface area contributed by atoms with Crippen molar-refractivity contribution in [2.75, 3.05) is 12.3 Å². The van der Waals surface area contributed by atoms with Crippen LogP contribution < -0.4 is 5.48 Å². The van der Waals surface area contributed by atoms with Crippen LogP contribution in [0, 0.1) is 0 Å². The summed E-state index contributed by atoms with van der Waals surface area (Å²) in [5.41, 5.74) is 3.31. The van der Waals surface area contributed by atoms with Crippen molar-refractivity contribution >= 4 is 15.9 Å². The molecule has 1 N–H and O–H groups in total. The summed E-state index contributed by atoms with van der Waals surface area (Å²) in [6.07, 6.45) is 1.76. The SMILES string of the molecule is CCCS(=O)(=O)N1CCCC1C(=O)NOCc1ccccc1. The molecule has 0 aromatic heterocycles. The summed E-state index contributed by atoms with van der Waals surface area (Å²) in [6.45, 7) is 2.46. The number of hydrogen-bond acceptors (Lipinski definition) is 4. The molecule has 1 aromatic carbocycles. The first kappa shape index (κ1) is 16.9. The van der Waals surface area contributed by atoms with Crippen LogP contribution in [0.25, 0.3) is 0 Å². The Bertz CT molecular complexity index is 589. The third-order valence-corrected chi connectivity index (χ3v) is 5.66. The Hall–Kier alpha value is -1.44.